The molecule has 0 aliphatic carbocycles. The molecule has 0 bridgehead atoms. The highest BCUT2D eigenvalue weighted by atomic mass is 32.1. The van der Waals surface area contributed by atoms with E-state index in [0.717, 1.165) is 21.3 Å². The van der Waals surface area contributed by atoms with Gasteiger partial charge in [-0.1, -0.05) is 11.3 Å². The highest BCUT2D eigenvalue weighted by Gasteiger charge is 2.14. The Morgan fingerprint density at radius 1 is 1.26 bits per heavy atom. The van der Waals surface area contributed by atoms with Crippen LogP contribution in [0, 0.1) is 0 Å². The fourth-order valence-corrected chi connectivity index (χ4v) is 2.53. The number of hydrogen-bond acceptors (Lipinski definition) is 6. The number of ether oxygens (including phenoxy) is 1. The van der Waals surface area contributed by atoms with Crippen LogP contribution in [0.15, 0.2) is 24.3 Å². The molecular weight excluding hydrogens is 262 g/mol. The maximum atomic E-state index is 5.83. The lowest BCUT2D eigenvalue weighted by atomic mass is 10.2. The largest absolute Gasteiger partial charge is 0.497 e. The van der Waals surface area contributed by atoms with E-state index >= 15 is 0 Å². The second-order valence-electron chi connectivity index (χ2n) is 4.18. The molecular formula is C12H13N5OS. The van der Waals surface area contributed by atoms with Crippen LogP contribution in [0.5, 0.6) is 5.75 Å². The van der Waals surface area contributed by atoms with Crippen molar-refractivity contribution in [1.82, 2.24) is 19.8 Å². The lowest BCUT2D eigenvalue weighted by Crippen LogP contribution is -2.05. The molecule has 2 heterocycles. The standard InChI is InChI=1S/C12H13N5OS/c1-7(13)11-16-17-10(14-15-12(17)19-11)8-3-5-9(18-2)6-4-8/h3-7H,13H2,1-2H3. The van der Waals surface area contributed by atoms with Crippen LogP contribution in [0.1, 0.15) is 18.0 Å². The van der Waals surface area contributed by atoms with Crippen molar-refractivity contribution in [3.63, 3.8) is 0 Å². The highest BCUT2D eigenvalue weighted by Crippen LogP contribution is 2.25. The van der Waals surface area contributed by atoms with Crippen molar-refractivity contribution in [2.45, 2.75) is 13.0 Å². The molecule has 1 unspecified atom stereocenters. The Morgan fingerprint density at radius 3 is 2.63 bits per heavy atom. The van der Waals surface area contributed by atoms with Crippen molar-refractivity contribution < 1.29 is 4.74 Å². The summed E-state index contributed by atoms with van der Waals surface area (Å²) in [6.45, 7) is 1.90. The molecule has 3 rings (SSSR count). The molecule has 0 fully saturated rings. The van der Waals surface area contributed by atoms with Crippen molar-refractivity contribution in [3.05, 3.63) is 29.3 Å². The summed E-state index contributed by atoms with van der Waals surface area (Å²) >= 11 is 1.46. The summed E-state index contributed by atoms with van der Waals surface area (Å²) in [5.74, 6) is 1.51. The van der Waals surface area contributed by atoms with Crippen LogP contribution in [0.25, 0.3) is 16.3 Å². The molecule has 19 heavy (non-hydrogen) atoms. The molecule has 0 aliphatic rings. The Hall–Kier alpha value is -1.99. The summed E-state index contributed by atoms with van der Waals surface area (Å²) in [4.78, 5) is 0.748. The summed E-state index contributed by atoms with van der Waals surface area (Å²) in [5, 5.41) is 13.6. The third-order valence-electron chi connectivity index (χ3n) is 2.74. The number of fused-ring (bicyclic) bond motifs is 1. The number of benzene rings is 1. The van der Waals surface area contributed by atoms with Crippen molar-refractivity contribution >= 4 is 16.3 Å². The Morgan fingerprint density at radius 2 is 2.00 bits per heavy atom. The molecule has 2 aromatic heterocycles. The molecule has 0 spiro atoms. The minimum absolute atomic E-state index is 0.101. The van der Waals surface area contributed by atoms with E-state index in [2.05, 4.69) is 15.3 Å². The van der Waals surface area contributed by atoms with Gasteiger partial charge in [-0.25, -0.2) is 0 Å². The minimum atomic E-state index is -0.101. The van der Waals surface area contributed by atoms with E-state index in [1.807, 2.05) is 31.2 Å². The van der Waals surface area contributed by atoms with Crippen molar-refractivity contribution in [3.8, 4) is 17.1 Å². The Labute approximate surface area is 113 Å². The summed E-state index contributed by atoms with van der Waals surface area (Å²) < 4.78 is 6.86. The number of nitrogens with zero attached hydrogens (tertiary/aromatic N) is 4. The van der Waals surface area contributed by atoms with Crippen LogP contribution in [-0.4, -0.2) is 26.9 Å². The second kappa shape index (κ2) is 4.60. The van der Waals surface area contributed by atoms with E-state index in [1.165, 1.54) is 11.3 Å². The lowest BCUT2D eigenvalue weighted by molar-refractivity contribution is 0.415. The SMILES string of the molecule is COc1ccc(-c2nnc3sc(C(C)N)nn23)cc1. The average Bonchev–Trinajstić information content (AvgIpc) is 2.98. The molecule has 7 heteroatoms. The van der Waals surface area contributed by atoms with E-state index in [-0.39, 0.29) is 6.04 Å². The molecule has 98 valence electrons. The van der Waals surface area contributed by atoms with Crippen LogP contribution in [-0.2, 0) is 0 Å². The molecule has 3 aromatic rings. The maximum Gasteiger partial charge on any atom is 0.235 e. The normalized spacial score (nSPS) is 12.8. The first-order chi connectivity index (χ1) is 9.19. The van der Waals surface area contributed by atoms with E-state index in [1.54, 1.807) is 11.6 Å². The molecule has 6 nitrogen and oxygen atoms in total. The molecule has 1 aromatic carbocycles. The molecule has 0 saturated heterocycles. The first-order valence-electron chi connectivity index (χ1n) is 5.81. The van der Waals surface area contributed by atoms with Crippen molar-refractivity contribution in [2.75, 3.05) is 7.11 Å². The Kier molecular flexibility index (Phi) is 2.92. The van der Waals surface area contributed by atoms with Crippen LogP contribution in [0.3, 0.4) is 0 Å². The van der Waals surface area contributed by atoms with Gasteiger partial charge in [-0.05, 0) is 31.2 Å². The summed E-state index contributed by atoms with van der Waals surface area (Å²) in [7, 11) is 1.64. The fourth-order valence-electron chi connectivity index (χ4n) is 1.74. The molecule has 1 atom stereocenters. The van der Waals surface area contributed by atoms with Gasteiger partial charge in [-0.2, -0.15) is 9.61 Å². The Balaban J connectivity index is 2.08. The predicted octanol–water partition coefficient (Wildman–Crippen LogP) is 1.88. The van der Waals surface area contributed by atoms with E-state index < -0.39 is 0 Å². The predicted molar refractivity (Wildman–Crippen MR) is 73.2 cm³/mol. The number of aromatic nitrogens is 4. The van der Waals surface area contributed by atoms with Crippen LogP contribution in [0.4, 0.5) is 0 Å². The number of nitrogens with two attached hydrogens (primary N) is 1. The van der Waals surface area contributed by atoms with Crippen molar-refractivity contribution in [1.29, 1.82) is 0 Å². The Bertz CT molecular complexity index is 701. The molecule has 0 aliphatic heterocycles. The van der Waals surface area contributed by atoms with Crippen LogP contribution < -0.4 is 10.5 Å². The summed E-state index contributed by atoms with van der Waals surface area (Å²) in [5.41, 5.74) is 6.77. The number of hydrogen-bond donors (Lipinski definition) is 1. The minimum Gasteiger partial charge on any atom is -0.497 e. The van der Waals surface area contributed by atoms with Crippen molar-refractivity contribution in [2.24, 2.45) is 5.73 Å². The second-order valence-corrected chi connectivity index (χ2v) is 5.16. The maximum absolute atomic E-state index is 5.83. The van der Waals surface area contributed by atoms with E-state index in [9.17, 15) is 0 Å². The zero-order valence-electron chi connectivity index (χ0n) is 10.6. The number of rotatable bonds is 3. The molecule has 0 amide bonds. The van der Waals surface area contributed by atoms with Crippen LogP contribution in [0.2, 0.25) is 0 Å². The molecule has 0 radical (unpaired) electrons. The zero-order valence-corrected chi connectivity index (χ0v) is 11.4. The van der Waals surface area contributed by atoms with Gasteiger partial charge in [0.25, 0.3) is 0 Å². The average molecular weight is 275 g/mol. The van der Waals surface area contributed by atoms with Gasteiger partial charge < -0.3 is 10.5 Å². The quantitative estimate of drug-likeness (QED) is 0.789. The third-order valence-corrected chi connectivity index (χ3v) is 3.84. The first-order valence-corrected chi connectivity index (χ1v) is 6.63. The first kappa shape index (κ1) is 12.1. The van der Waals surface area contributed by atoms with E-state index in [4.69, 9.17) is 10.5 Å². The zero-order chi connectivity index (χ0) is 13.4. The van der Waals surface area contributed by atoms with Gasteiger partial charge in [0.05, 0.1) is 13.2 Å². The smallest absolute Gasteiger partial charge is 0.235 e. The lowest BCUT2D eigenvalue weighted by Gasteiger charge is -2.01. The van der Waals surface area contributed by atoms with E-state index in [0.29, 0.717) is 5.82 Å². The molecule has 2 N–H and O–H groups in total. The van der Waals surface area contributed by atoms with Gasteiger partial charge in [-0.3, -0.25) is 0 Å². The summed E-state index contributed by atoms with van der Waals surface area (Å²) in [6.07, 6.45) is 0. The fraction of sp³-hybridized carbons (Fsp3) is 0.250. The highest BCUT2D eigenvalue weighted by molar-refractivity contribution is 7.16. The van der Waals surface area contributed by atoms with Gasteiger partial charge in [0.15, 0.2) is 5.82 Å². The summed E-state index contributed by atoms with van der Waals surface area (Å²) in [6, 6.07) is 7.53. The monoisotopic (exact) mass is 275 g/mol. The van der Waals surface area contributed by atoms with Gasteiger partial charge in [0, 0.05) is 5.56 Å². The van der Waals surface area contributed by atoms with Gasteiger partial charge >= 0.3 is 0 Å². The third kappa shape index (κ3) is 2.06. The van der Waals surface area contributed by atoms with Crippen LogP contribution >= 0.6 is 11.3 Å². The number of methoxy groups -OCH3 is 1. The topological polar surface area (TPSA) is 78.3 Å². The molecule has 0 saturated carbocycles. The van der Waals surface area contributed by atoms with Gasteiger partial charge in [0.2, 0.25) is 4.96 Å². The van der Waals surface area contributed by atoms with Gasteiger partial charge in [0.1, 0.15) is 10.8 Å². The van der Waals surface area contributed by atoms with Gasteiger partial charge in [-0.15, -0.1) is 10.2 Å².